The van der Waals surface area contributed by atoms with E-state index in [-0.39, 0.29) is 5.91 Å². The number of imidazole rings is 1. The Balaban J connectivity index is 1.53. The molecule has 2 aromatic heterocycles. The zero-order valence-corrected chi connectivity index (χ0v) is 15.2. The van der Waals surface area contributed by atoms with Gasteiger partial charge in [-0.25, -0.2) is 4.98 Å². The van der Waals surface area contributed by atoms with Gasteiger partial charge in [-0.3, -0.25) is 9.78 Å². The van der Waals surface area contributed by atoms with Crippen molar-refractivity contribution < 1.29 is 4.79 Å². The molecule has 0 aliphatic rings. The number of aromatic amines is 1. The minimum Gasteiger partial charge on any atom is -0.338 e. The third-order valence-corrected chi connectivity index (χ3v) is 4.68. The second-order valence-corrected chi connectivity index (χ2v) is 6.97. The van der Waals surface area contributed by atoms with Gasteiger partial charge in [0.15, 0.2) is 0 Å². The minimum absolute atomic E-state index is 0.0994. The molecule has 0 fully saturated rings. The molecule has 27 heavy (non-hydrogen) atoms. The van der Waals surface area contributed by atoms with E-state index in [4.69, 9.17) is 0 Å². The number of benzene rings is 2. The van der Waals surface area contributed by atoms with Crippen LogP contribution in [0.3, 0.4) is 0 Å². The number of carbonyl (C=O) groups is 1. The highest BCUT2D eigenvalue weighted by Crippen LogP contribution is 2.25. The SMILES string of the molecule is CC(C)(C(=O)Nc1ccc(-c2nc3ccccc3[nH]2)cc1)c1ccccn1. The second kappa shape index (κ2) is 6.68. The van der Waals surface area contributed by atoms with Gasteiger partial charge in [-0.15, -0.1) is 0 Å². The maximum Gasteiger partial charge on any atom is 0.236 e. The van der Waals surface area contributed by atoms with Crippen LogP contribution in [0, 0.1) is 0 Å². The first-order valence-electron chi connectivity index (χ1n) is 8.82. The smallest absolute Gasteiger partial charge is 0.236 e. The Morgan fingerprint density at radius 1 is 0.963 bits per heavy atom. The van der Waals surface area contributed by atoms with Gasteiger partial charge < -0.3 is 10.3 Å². The molecule has 0 aliphatic carbocycles. The molecule has 134 valence electrons. The number of nitrogens with zero attached hydrogens (tertiary/aromatic N) is 2. The first-order chi connectivity index (χ1) is 13.0. The molecule has 0 saturated carbocycles. The van der Waals surface area contributed by atoms with Crippen LogP contribution in [0.25, 0.3) is 22.4 Å². The van der Waals surface area contributed by atoms with Crippen molar-refractivity contribution >= 4 is 22.6 Å². The molecule has 0 aliphatic heterocycles. The standard InChI is InChI=1S/C22H20N4O/c1-22(2,19-9-5-6-14-23-19)21(27)24-16-12-10-15(11-13-16)20-25-17-7-3-4-8-18(17)26-20/h3-14H,1-2H3,(H,24,27)(H,25,26). The van der Waals surface area contributed by atoms with Gasteiger partial charge >= 0.3 is 0 Å². The van der Waals surface area contributed by atoms with E-state index in [1.54, 1.807) is 6.20 Å². The van der Waals surface area contributed by atoms with Gasteiger partial charge in [0.2, 0.25) is 5.91 Å². The molecular formula is C22H20N4O. The van der Waals surface area contributed by atoms with Gasteiger partial charge in [-0.2, -0.15) is 0 Å². The third kappa shape index (κ3) is 3.31. The number of aromatic nitrogens is 3. The number of amides is 1. The number of fused-ring (bicyclic) bond motifs is 1. The van der Waals surface area contributed by atoms with Crippen molar-refractivity contribution in [2.45, 2.75) is 19.3 Å². The maximum absolute atomic E-state index is 12.7. The average molecular weight is 356 g/mol. The van der Waals surface area contributed by atoms with Gasteiger partial charge in [0.1, 0.15) is 5.82 Å². The van der Waals surface area contributed by atoms with Gasteiger partial charge in [0.05, 0.1) is 22.1 Å². The van der Waals surface area contributed by atoms with Crippen molar-refractivity contribution in [3.8, 4) is 11.4 Å². The van der Waals surface area contributed by atoms with E-state index in [1.165, 1.54) is 0 Å². The number of pyridine rings is 1. The fourth-order valence-corrected chi connectivity index (χ4v) is 2.94. The molecule has 4 rings (SSSR count). The normalized spacial score (nSPS) is 11.5. The van der Waals surface area contributed by atoms with Crippen molar-refractivity contribution in [2.75, 3.05) is 5.32 Å². The Labute approximate surface area is 157 Å². The molecule has 5 nitrogen and oxygen atoms in total. The summed E-state index contributed by atoms with van der Waals surface area (Å²) in [6.07, 6.45) is 1.70. The quantitative estimate of drug-likeness (QED) is 0.564. The summed E-state index contributed by atoms with van der Waals surface area (Å²) in [6, 6.07) is 21.2. The Morgan fingerprint density at radius 3 is 2.41 bits per heavy atom. The number of carbonyl (C=O) groups excluding carboxylic acids is 1. The van der Waals surface area contributed by atoms with Crippen LogP contribution < -0.4 is 5.32 Å². The van der Waals surface area contributed by atoms with Gasteiger partial charge in [0.25, 0.3) is 0 Å². The fourth-order valence-electron chi connectivity index (χ4n) is 2.94. The zero-order chi connectivity index (χ0) is 18.9. The van der Waals surface area contributed by atoms with Crippen molar-refractivity contribution in [2.24, 2.45) is 0 Å². The maximum atomic E-state index is 12.7. The Bertz CT molecular complexity index is 1050. The summed E-state index contributed by atoms with van der Waals surface area (Å²) in [5.41, 5.74) is 3.65. The lowest BCUT2D eigenvalue weighted by Gasteiger charge is -2.23. The minimum atomic E-state index is -0.724. The lowest BCUT2D eigenvalue weighted by molar-refractivity contribution is -0.120. The van der Waals surface area contributed by atoms with Crippen LogP contribution in [0.4, 0.5) is 5.69 Å². The Kier molecular flexibility index (Phi) is 4.20. The highest BCUT2D eigenvalue weighted by molar-refractivity contribution is 5.98. The predicted molar refractivity (Wildman–Crippen MR) is 107 cm³/mol. The van der Waals surface area contributed by atoms with Gasteiger partial charge in [0, 0.05) is 17.4 Å². The number of H-pyrrole nitrogens is 1. The highest BCUT2D eigenvalue weighted by atomic mass is 16.2. The van der Waals surface area contributed by atoms with Crippen LogP contribution in [0.2, 0.25) is 0 Å². The first-order valence-corrected chi connectivity index (χ1v) is 8.82. The van der Waals surface area contributed by atoms with Gasteiger partial charge in [-0.1, -0.05) is 18.2 Å². The average Bonchev–Trinajstić information content (AvgIpc) is 3.13. The molecule has 2 aromatic carbocycles. The first kappa shape index (κ1) is 17.0. The molecule has 2 heterocycles. The summed E-state index contributed by atoms with van der Waals surface area (Å²) in [6.45, 7) is 3.74. The van der Waals surface area contributed by atoms with E-state index in [1.807, 2.05) is 80.6 Å². The van der Waals surface area contributed by atoms with Crippen LogP contribution in [0.1, 0.15) is 19.5 Å². The number of para-hydroxylation sites is 2. The molecule has 1 amide bonds. The fraction of sp³-hybridized carbons (Fsp3) is 0.136. The van der Waals surface area contributed by atoms with Crippen LogP contribution in [0.15, 0.2) is 72.9 Å². The summed E-state index contributed by atoms with van der Waals surface area (Å²) in [7, 11) is 0. The zero-order valence-electron chi connectivity index (χ0n) is 15.2. The van der Waals surface area contributed by atoms with Crippen LogP contribution >= 0.6 is 0 Å². The van der Waals surface area contributed by atoms with Crippen LogP contribution in [-0.2, 0) is 10.2 Å². The van der Waals surface area contributed by atoms with E-state index in [9.17, 15) is 4.79 Å². The molecule has 0 atom stereocenters. The highest BCUT2D eigenvalue weighted by Gasteiger charge is 2.31. The van der Waals surface area contributed by atoms with Crippen molar-refractivity contribution in [3.63, 3.8) is 0 Å². The summed E-state index contributed by atoms with van der Waals surface area (Å²) in [4.78, 5) is 25.0. The molecule has 0 spiro atoms. The van der Waals surface area contributed by atoms with E-state index in [0.717, 1.165) is 33.8 Å². The van der Waals surface area contributed by atoms with Gasteiger partial charge in [-0.05, 0) is 62.4 Å². The number of anilines is 1. The lowest BCUT2D eigenvalue weighted by atomic mass is 9.87. The van der Waals surface area contributed by atoms with E-state index in [0.29, 0.717) is 0 Å². The van der Waals surface area contributed by atoms with E-state index >= 15 is 0 Å². The molecule has 0 radical (unpaired) electrons. The molecule has 2 N–H and O–H groups in total. The summed E-state index contributed by atoms with van der Waals surface area (Å²) >= 11 is 0. The van der Waals surface area contributed by atoms with Crippen molar-refractivity contribution in [1.82, 2.24) is 15.0 Å². The molecule has 0 unspecified atom stereocenters. The number of hydrogen-bond acceptors (Lipinski definition) is 3. The van der Waals surface area contributed by atoms with Crippen LogP contribution in [-0.4, -0.2) is 20.9 Å². The second-order valence-electron chi connectivity index (χ2n) is 6.97. The van der Waals surface area contributed by atoms with Crippen molar-refractivity contribution in [1.29, 1.82) is 0 Å². The Hall–Kier alpha value is -3.47. The molecular weight excluding hydrogens is 336 g/mol. The number of nitrogens with one attached hydrogen (secondary N) is 2. The molecule has 0 saturated heterocycles. The third-order valence-electron chi connectivity index (χ3n) is 4.68. The number of hydrogen-bond donors (Lipinski definition) is 2. The number of rotatable bonds is 4. The molecule has 4 aromatic rings. The van der Waals surface area contributed by atoms with E-state index in [2.05, 4.69) is 20.3 Å². The Morgan fingerprint density at radius 2 is 1.70 bits per heavy atom. The molecule has 5 heteroatoms. The van der Waals surface area contributed by atoms with E-state index < -0.39 is 5.41 Å². The van der Waals surface area contributed by atoms with Crippen molar-refractivity contribution in [3.05, 3.63) is 78.6 Å². The summed E-state index contributed by atoms with van der Waals surface area (Å²) < 4.78 is 0. The summed E-state index contributed by atoms with van der Waals surface area (Å²) in [5.74, 6) is 0.709. The summed E-state index contributed by atoms with van der Waals surface area (Å²) in [5, 5.41) is 2.98. The lowest BCUT2D eigenvalue weighted by Crippen LogP contribution is -2.35. The monoisotopic (exact) mass is 356 g/mol. The topological polar surface area (TPSA) is 70.7 Å². The van der Waals surface area contributed by atoms with Crippen LogP contribution in [0.5, 0.6) is 0 Å². The predicted octanol–water partition coefficient (Wildman–Crippen LogP) is 4.54. The molecule has 0 bridgehead atoms. The largest absolute Gasteiger partial charge is 0.338 e.